The molecule has 106 valence electrons. The van der Waals surface area contributed by atoms with Crippen LogP contribution >= 0.6 is 0 Å². The summed E-state index contributed by atoms with van der Waals surface area (Å²) in [4.78, 5) is 0. The molecule has 1 unspecified atom stereocenters. The van der Waals surface area contributed by atoms with Gasteiger partial charge in [-0.15, -0.1) is 0 Å². The molecule has 0 aromatic rings. The van der Waals surface area contributed by atoms with Gasteiger partial charge in [-0.05, 0) is 61.7 Å². The highest BCUT2D eigenvalue weighted by atomic mass is 16.3. The average Bonchev–Trinajstić information content (AvgIpc) is 2.22. The van der Waals surface area contributed by atoms with Gasteiger partial charge in [0.25, 0.3) is 0 Å². The zero-order valence-corrected chi connectivity index (χ0v) is 12.5. The molecule has 18 heavy (non-hydrogen) atoms. The van der Waals surface area contributed by atoms with Crippen molar-refractivity contribution in [2.45, 2.75) is 71.8 Å². The molecule has 0 radical (unpaired) electrons. The van der Waals surface area contributed by atoms with Crippen LogP contribution in [0.5, 0.6) is 0 Å². The van der Waals surface area contributed by atoms with Crippen molar-refractivity contribution in [1.82, 2.24) is 0 Å². The van der Waals surface area contributed by atoms with E-state index in [0.29, 0.717) is 11.3 Å². The predicted molar refractivity (Wildman–Crippen MR) is 74.3 cm³/mol. The first-order chi connectivity index (χ1) is 8.24. The summed E-state index contributed by atoms with van der Waals surface area (Å²) in [5.74, 6) is 0.934. The number of rotatable bonds is 2. The highest BCUT2D eigenvalue weighted by Crippen LogP contribution is 2.62. The molecule has 0 spiro atoms. The van der Waals surface area contributed by atoms with Gasteiger partial charge >= 0.3 is 0 Å². The van der Waals surface area contributed by atoms with Crippen LogP contribution in [-0.2, 0) is 0 Å². The van der Waals surface area contributed by atoms with Gasteiger partial charge in [-0.1, -0.05) is 27.2 Å². The highest BCUT2D eigenvalue weighted by Gasteiger charge is 2.57. The summed E-state index contributed by atoms with van der Waals surface area (Å²) in [5, 5.41) is 20.1. The fraction of sp³-hybridized carbons (Fsp3) is 1.00. The van der Waals surface area contributed by atoms with E-state index in [1.54, 1.807) is 0 Å². The Balaban J connectivity index is 2.35. The lowest BCUT2D eigenvalue weighted by atomic mass is 9.45. The summed E-state index contributed by atoms with van der Waals surface area (Å²) in [7, 11) is 0. The number of fused-ring (bicyclic) bond motifs is 1. The first-order valence-corrected chi connectivity index (χ1v) is 7.57. The Morgan fingerprint density at radius 1 is 1.06 bits per heavy atom. The monoisotopic (exact) mass is 254 g/mol. The molecule has 2 rings (SSSR count). The number of aliphatic hydroxyl groups is 2. The van der Waals surface area contributed by atoms with Crippen molar-refractivity contribution in [3.63, 3.8) is 0 Å². The van der Waals surface area contributed by atoms with Crippen molar-refractivity contribution in [3.05, 3.63) is 0 Å². The van der Waals surface area contributed by atoms with Gasteiger partial charge in [-0.3, -0.25) is 0 Å². The number of aliphatic hydroxyl groups excluding tert-OH is 1. The molecule has 2 aliphatic carbocycles. The van der Waals surface area contributed by atoms with E-state index in [-0.39, 0.29) is 17.9 Å². The van der Waals surface area contributed by atoms with E-state index in [1.165, 1.54) is 19.3 Å². The molecule has 2 nitrogen and oxygen atoms in total. The van der Waals surface area contributed by atoms with Crippen molar-refractivity contribution in [2.24, 2.45) is 22.7 Å². The standard InChI is InChI=1S/C16H30O2/c1-14(2)8-5-9-15(3)12(14)6-10-16(4,18)13(15)7-11-17/h12-13,17-18H,5-11H2,1-4H3/t12-,13-,15?,16+/m0/s1. The average molecular weight is 254 g/mol. The van der Waals surface area contributed by atoms with Crippen LogP contribution in [0, 0.1) is 22.7 Å². The summed E-state index contributed by atoms with van der Waals surface area (Å²) < 4.78 is 0. The minimum absolute atomic E-state index is 0.198. The molecule has 2 saturated carbocycles. The van der Waals surface area contributed by atoms with E-state index in [1.807, 2.05) is 6.92 Å². The molecule has 0 aliphatic heterocycles. The van der Waals surface area contributed by atoms with Crippen molar-refractivity contribution in [1.29, 1.82) is 0 Å². The zero-order chi connectivity index (χ0) is 13.6. The maximum atomic E-state index is 10.7. The topological polar surface area (TPSA) is 40.5 Å². The predicted octanol–water partition coefficient (Wildman–Crippen LogP) is 3.36. The largest absolute Gasteiger partial charge is 0.396 e. The number of hydrogen-bond donors (Lipinski definition) is 2. The van der Waals surface area contributed by atoms with Crippen LogP contribution in [0.1, 0.15) is 66.2 Å². The fourth-order valence-electron chi connectivity index (χ4n) is 5.39. The lowest BCUT2D eigenvalue weighted by Gasteiger charge is -2.61. The lowest BCUT2D eigenvalue weighted by Crippen LogP contribution is -2.57. The zero-order valence-electron chi connectivity index (χ0n) is 12.5. The molecular weight excluding hydrogens is 224 g/mol. The van der Waals surface area contributed by atoms with Gasteiger partial charge in [0.2, 0.25) is 0 Å². The van der Waals surface area contributed by atoms with E-state index in [4.69, 9.17) is 0 Å². The van der Waals surface area contributed by atoms with E-state index in [2.05, 4.69) is 20.8 Å². The number of hydrogen-bond acceptors (Lipinski definition) is 2. The van der Waals surface area contributed by atoms with E-state index >= 15 is 0 Å². The fourth-order valence-corrected chi connectivity index (χ4v) is 5.39. The van der Waals surface area contributed by atoms with Crippen molar-refractivity contribution in [2.75, 3.05) is 6.61 Å². The second-order valence-corrected chi connectivity index (χ2v) is 7.86. The lowest BCUT2D eigenvalue weighted by molar-refractivity contribution is -0.171. The molecule has 0 saturated heterocycles. The van der Waals surface area contributed by atoms with Crippen LogP contribution in [0.3, 0.4) is 0 Å². The van der Waals surface area contributed by atoms with Crippen LogP contribution in [0.4, 0.5) is 0 Å². The molecule has 0 bridgehead atoms. The first-order valence-electron chi connectivity index (χ1n) is 7.57. The molecule has 0 amide bonds. The molecule has 2 aliphatic rings. The molecule has 0 heterocycles. The Bertz CT molecular complexity index is 308. The normalized spacial score (nSPS) is 47.7. The molecule has 0 aromatic carbocycles. The third-order valence-electron chi connectivity index (χ3n) is 6.18. The van der Waals surface area contributed by atoms with Gasteiger partial charge in [-0.25, -0.2) is 0 Å². The SMILES string of the molecule is CC1(C)CCCC2(C)[C@H]1CC[C@@](C)(O)[C@H]2CCO. The van der Waals surface area contributed by atoms with E-state index in [0.717, 1.165) is 19.3 Å². The molecule has 2 heteroatoms. The van der Waals surface area contributed by atoms with E-state index < -0.39 is 5.60 Å². The Kier molecular flexibility index (Phi) is 3.57. The minimum atomic E-state index is -0.596. The van der Waals surface area contributed by atoms with Gasteiger partial charge in [0.05, 0.1) is 5.60 Å². The third-order valence-corrected chi connectivity index (χ3v) is 6.18. The molecule has 0 aromatic heterocycles. The Labute approximate surface area is 112 Å². The molecule has 2 N–H and O–H groups in total. The second kappa shape index (κ2) is 4.49. The molecule has 4 atom stereocenters. The maximum absolute atomic E-state index is 10.7. The quantitative estimate of drug-likeness (QED) is 0.793. The van der Waals surface area contributed by atoms with Crippen molar-refractivity contribution < 1.29 is 10.2 Å². The highest BCUT2D eigenvalue weighted by molar-refractivity contribution is 5.07. The third kappa shape index (κ3) is 2.12. The summed E-state index contributed by atoms with van der Waals surface area (Å²) >= 11 is 0. The van der Waals surface area contributed by atoms with Crippen LogP contribution in [0.25, 0.3) is 0 Å². The van der Waals surface area contributed by atoms with Gasteiger partial charge in [0.15, 0.2) is 0 Å². The minimum Gasteiger partial charge on any atom is -0.396 e. The van der Waals surface area contributed by atoms with Gasteiger partial charge in [-0.2, -0.15) is 0 Å². The smallest absolute Gasteiger partial charge is 0.0654 e. The summed E-state index contributed by atoms with van der Waals surface area (Å²) in [6, 6.07) is 0. The maximum Gasteiger partial charge on any atom is 0.0654 e. The van der Waals surface area contributed by atoms with E-state index in [9.17, 15) is 10.2 Å². The summed E-state index contributed by atoms with van der Waals surface area (Å²) in [5.41, 5.74) is -0.00909. The van der Waals surface area contributed by atoms with Gasteiger partial charge in [0.1, 0.15) is 0 Å². The van der Waals surface area contributed by atoms with Crippen molar-refractivity contribution in [3.8, 4) is 0 Å². The van der Waals surface area contributed by atoms with Crippen LogP contribution in [0.2, 0.25) is 0 Å². The van der Waals surface area contributed by atoms with Gasteiger partial charge in [0, 0.05) is 6.61 Å². The Morgan fingerprint density at radius 2 is 1.72 bits per heavy atom. The second-order valence-electron chi connectivity index (χ2n) is 7.86. The van der Waals surface area contributed by atoms with Crippen LogP contribution in [-0.4, -0.2) is 22.4 Å². The molecule has 2 fully saturated rings. The Morgan fingerprint density at radius 3 is 2.33 bits per heavy atom. The Hall–Kier alpha value is -0.0800. The summed E-state index contributed by atoms with van der Waals surface area (Å²) in [6.45, 7) is 9.34. The van der Waals surface area contributed by atoms with Crippen LogP contribution < -0.4 is 0 Å². The first kappa shape index (κ1) is 14.3. The van der Waals surface area contributed by atoms with Crippen molar-refractivity contribution >= 4 is 0 Å². The molecular formula is C16H30O2. The summed E-state index contributed by atoms with van der Waals surface area (Å²) in [6.07, 6.45) is 6.55. The van der Waals surface area contributed by atoms with Crippen LogP contribution in [0.15, 0.2) is 0 Å². The van der Waals surface area contributed by atoms with Gasteiger partial charge < -0.3 is 10.2 Å².